The fraction of sp³-hybridized carbons (Fsp3) is 0.219. The van der Waals surface area contributed by atoms with E-state index in [1.165, 1.54) is 73.3 Å². The molecular weight excluding hydrogens is 1420 g/mol. The van der Waals surface area contributed by atoms with Crippen LogP contribution in [-0.2, 0) is 50.5 Å². The highest BCUT2D eigenvalue weighted by molar-refractivity contribution is 7.89. The highest BCUT2D eigenvalue weighted by atomic mass is 35.5. The van der Waals surface area contributed by atoms with Gasteiger partial charge in [0.05, 0.1) is 129 Å². The van der Waals surface area contributed by atoms with Gasteiger partial charge >= 0.3 is 14.4 Å². The zero-order valence-electron chi connectivity index (χ0n) is 58.1. The number of benzene rings is 5. The van der Waals surface area contributed by atoms with Crippen molar-refractivity contribution in [3.8, 4) is 40.2 Å². The zero-order valence-corrected chi connectivity index (χ0v) is 59.7. The Hall–Kier alpha value is -11.4. The van der Waals surface area contributed by atoms with Crippen LogP contribution < -0.4 is 59.6 Å². The number of carbonyl (C=O) groups excluding carboxylic acids is 3. The van der Waals surface area contributed by atoms with Crippen molar-refractivity contribution >= 4 is 94.2 Å². The minimum absolute atomic E-state index is 0.0137. The van der Waals surface area contributed by atoms with Gasteiger partial charge in [0, 0.05) is 64.5 Å². The number of halogens is 3. The third kappa shape index (κ3) is 18.9. The third-order valence-electron chi connectivity index (χ3n) is 16.9. The first-order chi connectivity index (χ1) is 50.9. The molecule has 106 heavy (non-hydrogen) atoms. The molecule has 3 amide bonds. The Morgan fingerprint density at radius 2 is 1.24 bits per heavy atom. The molecule has 3 aliphatic heterocycles. The van der Waals surface area contributed by atoms with Gasteiger partial charge in [-0.2, -0.15) is 4.39 Å². The molecule has 0 saturated heterocycles. The lowest BCUT2D eigenvalue weighted by Crippen LogP contribution is -2.33. The Balaban J connectivity index is 0.000000170. The predicted octanol–water partition coefficient (Wildman–Crippen LogP) is 7.69. The number of carbonyl (C=O) groups is 3. The van der Waals surface area contributed by atoms with Crippen LogP contribution in [0, 0.1) is 11.8 Å². The lowest BCUT2D eigenvalue weighted by Gasteiger charge is -2.23. The summed E-state index contributed by atoms with van der Waals surface area (Å²) in [5, 5.41) is 52.2. The Morgan fingerprint density at radius 1 is 0.642 bits per heavy atom. The summed E-state index contributed by atoms with van der Waals surface area (Å²) in [5.41, 5.74) is 9.36. The van der Waals surface area contributed by atoms with E-state index in [1.54, 1.807) is 103 Å². The highest BCUT2D eigenvalue weighted by Gasteiger charge is 2.35. The summed E-state index contributed by atoms with van der Waals surface area (Å²) in [5.74, 6) is 0.558. The van der Waals surface area contributed by atoms with Crippen LogP contribution in [0.25, 0.3) is 23.5 Å². The van der Waals surface area contributed by atoms with Crippen LogP contribution in [0.5, 0.6) is 40.2 Å². The maximum Gasteiger partial charge on any atom is 0.707 e. The molecule has 0 saturated carbocycles. The number of aliphatic imine (C=N–C) groups is 2. The van der Waals surface area contributed by atoms with Gasteiger partial charge in [-0.15, -0.1) is 0 Å². The number of pyridine rings is 2. The molecule has 2 unspecified atom stereocenters. The normalized spacial score (nSPS) is 14.6. The van der Waals surface area contributed by atoms with Gasteiger partial charge in [0.1, 0.15) is 40.3 Å². The number of hydrogen-bond donors (Lipinski definition) is 8. The summed E-state index contributed by atoms with van der Waals surface area (Å²) in [6.07, 6.45) is 10.2. The fourth-order valence-corrected chi connectivity index (χ4v) is 13.1. The molecule has 12 rings (SSSR count). The zero-order chi connectivity index (χ0) is 75.9. The number of furan rings is 2. The summed E-state index contributed by atoms with van der Waals surface area (Å²) in [6.45, 7) is 0.806. The molecule has 33 heteroatoms. The van der Waals surface area contributed by atoms with E-state index in [0.29, 0.717) is 80.0 Å². The van der Waals surface area contributed by atoms with Crippen LogP contribution in [0.4, 0.5) is 8.78 Å². The van der Waals surface area contributed by atoms with E-state index in [9.17, 15) is 51.7 Å². The lowest BCUT2D eigenvalue weighted by atomic mass is 9.78. The topological polar surface area (TPSA) is 373 Å². The second-order valence-corrected chi connectivity index (χ2v) is 25.6. The van der Waals surface area contributed by atoms with Crippen LogP contribution in [0.2, 0.25) is 5.02 Å². The molecule has 550 valence electrons. The molecule has 5 aromatic carbocycles. The van der Waals surface area contributed by atoms with Crippen molar-refractivity contribution in [3.05, 3.63) is 230 Å². The molecule has 0 fully saturated rings. The van der Waals surface area contributed by atoms with E-state index < -0.39 is 42.3 Å². The number of nitrogens with one attached hydrogen (secondary N) is 3. The molecule has 27 nitrogen and oxygen atoms in total. The minimum Gasteiger partial charge on any atom is -0.506 e. The van der Waals surface area contributed by atoms with Gasteiger partial charge in [-0.3, -0.25) is 29.4 Å². The van der Waals surface area contributed by atoms with Gasteiger partial charge in [-0.1, -0.05) is 23.7 Å². The minimum atomic E-state index is -4.09. The number of nitrogens with zero attached hydrogens (tertiary/aromatic N) is 5. The summed E-state index contributed by atoms with van der Waals surface area (Å²) in [6, 6.07) is 32.4. The van der Waals surface area contributed by atoms with Crippen molar-refractivity contribution < 1.29 is 93.6 Å². The quantitative estimate of drug-likeness (QED) is 0.0190. The number of rotatable bonds is 26. The smallest absolute Gasteiger partial charge is 0.506 e. The van der Waals surface area contributed by atoms with E-state index in [4.69, 9.17) is 63.6 Å². The number of ether oxygens (including phenoxy) is 6. The number of amides is 3. The number of aromatic nitrogens is 2. The number of nitrogens with two attached hydrogens (primary N) is 1. The molecule has 0 aliphatic carbocycles. The van der Waals surface area contributed by atoms with Crippen molar-refractivity contribution in [1.29, 1.82) is 0 Å². The maximum atomic E-state index is 14.1. The Labute approximate surface area is 613 Å². The standard InChI is InChI=1S/C25H23BFN3O6.C25H26ClN3O6S.C23H23BFN3O6/c1-34-22-10-15(11-23(35-2)25(22)36-26(32)33)9-20-18-7-6-16(27)12-19(18)21(30-20)13-24(31)29-14-17-5-3-4-8-28-17;1-29-20(9-15-10-22(33-2)25(36(27,31)32)23(11-15)34-3)18-7-6-16(26)12-19(18)21(29)13-24(30)28-14-17-5-4-8-35-17;1-32-19-7-13(8-20(33-2)23(19)24(30)31)6-17-16-12-26-21(25)9-15(16)18(28-17)10-22(29)27-11-14-4-3-5-34-14/h3-12,32-33H,13-14H2,1-2H3,(H,29,31);4-12,21H,13-14H2,1-3H3,(H,28,30)(H2,27,31,32);3-5,7-9,12,18,30-31H,6,10-11H2,1-2H3,(H,27,29)/b2*20-9+;. The van der Waals surface area contributed by atoms with Crippen LogP contribution in [0.3, 0.4) is 0 Å². The molecule has 3 aliphatic rings. The van der Waals surface area contributed by atoms with E-state index >= 15 is 0 Å². The first-order valence-electron chi connectivity index (χ1n) is 32.4. The molecule has 9 N–H and O–H groups in total. The van der Waals surface area contributed by atoms with E-state index in [0.717, 1.165) is 28.1 Å². The second-order valence-electron chi connectivity index (χ2n) is 23.7. The van der Waals surface area contributed by atoms with Gasteiger partial charge < -0.3 is 82.9 Å². The first-order valence-corrected chi connectivity index (χ1v) is 34.3. The van der Waals surface area contributed by atoms with Crippen LogP contribution >= 0.6 is 11.6 Å². The van der Waals surface area contributed by atoms with Gasteiger partial charge in [0.15, 0.2) is 22.1 Å². The average molecular weight is 1490 g/mol. The highest BCUT2D eigenvalue weighted by Crippen LogP contribution is 2.46. The Kier molecular flexibility index (Phi) is 25.5. The predicted molar refractivity (Wildman–Crippen MR) is 390 cm³/mol. The maximum absolute atomic E-state index is 14.1. The monoisotopic (exact) mass is 1490 g/mol. The molecule has 2 atom stereocenters. The number of fused-ring (bicyclic) bond motifs is 3. The van der Waals surface area contributed by atoms with E-state index in [-0.39, 0.29) is 107 Å². The Bertz CT molecular complexity index is 4860. The van der Waals surface area contributed by atoms with Crippen molar-refractivity contribution in [1.82, 2.24) is 30.8 Å². The van der Waals surface area contributed by atoms with Crippen molar-refractivity contribution in [3.63, 3.8) is 0 Å². The third-order valence-corrected chi connectivity index (χ3v) is 18.1. The molecule has 9 aromatic rings. The average Bonchev–Trinajstić information content (AvgIpc) is 1.68. The lowest BCUT2D eigenvalue weighted by molar-refractivity contribution is -0.122. The molecular formula is C73H72B2ClF2N9O18S. The number of methoxy groups -OCH3 is 6. The largest absolute Gasteiger partial charge is 0.707 e. The van der Waals surface area contributed by atoms with Crippen molar-refractivity contribution in [2.75, 3.05) is 49.7 Å². The van der Waals surface area contributed by atoms with Crippen molar-refractivity contribution in [2.45, 2.75) is 62.3 Å². The van der Waals surface area contributed by atoms with Gasteiger partial charge in [-0.25, -0.2) is 22.9 Å². The summed E-state index contributed by atoms with van der Waals surface area (Å²) in [7, 11) is 2.30. The molecule has 7 heterocycles. The van der Waals surface area contributed by atoms with Crippen LogP contribution in [-0.4, -0.2) is 137 Å². The van der Waals surface area contributed by atoms with Crippen molar-refractivity contribution in [2.24, 2.45) is 15.1 Å². The van der Waals surface area contributed by atoms with Crippen LogP contribution in [0.15, 0.2) is 170 Å². The number of sulfonamides is 1. The first kappa shape index (κ1) is 77.2. The van der Waals surface area contributed by atoms with Gasteiger partial charge in [-0.05, 0) is 149 Å². The molecule has 0 spiro atoms. The number of hydrogen-bond acceptors (Lipinski definition) is 23. The van der Waals surface area contributed by atoms with Gasteiger partial charge in [0.25, 0.3) is 0 Å². The van der Waals surface area contributed by atoms with E-state index in [2.05, 4.69) is 30.9 Å². The summed E-state index contributed by atoms with van der Waals surface area (Å²) >= 11 is 6.30. The number of primary sulfonamides is 1. The van der Waals surface area contributed by atoms with Gasteiger partial charge in [0.2, 0.25) is 33.7 Å². The molecule has 0 radical (unpaired) electrons. The van der Waals surface area contributed by atoms with Crippen LogP contribution in [0.1, 0.15) is 98.6 Å². The molecule has 0 bridgehead atoms. The summed E-state index contributed by atoms with van der Waals surface area (Å²) < 4.78 is 99.6. The SMILES string of the molecule is COc1cc(/C=C2/N=C(CC(=O)NCc3ccccn3)c3cc(F)ccc32)cc(OC)c1OB(O)O.COc1cc(/C=C2\c3ccc(Cl)cc3C(CC(=O)NCc3ccco3)N2C)cc(OC)c1S(N)(=O)=O.COc1cc(CC2=NC(CC(=O)NCc3ccco3)c3cc(F)ncc32)cc(OC)c1B(O)O. The van der Waals surface area contributed by atoms with E-state index in [1.807, 2.05) is 36.2 Å². The second kappa shape index (κ2) is 34.9. The Morgan fingerprint density at radius 3 is 1.80 bits per heavy atom. The summed E-state index contributed by atoms with van der Waals surface area (Å²) in [4.78, 5) is 56.9. The molecule has 4 aromatic heterocycles. The fourth-order valence-electron chi connectivity index (χ4n) is 12.0.